The quantitative estimate of drug-likeness (QED) is 0.590. The SMILES string of the molecule is COC(=O)N1CCCC1C(N)=O. The molecule has 1 aliphatic heterocycles. The summed E-state index contributed by atoms with van der Waals surface area (Å²) in [5, 5.41) is 0. The van der Waals surface area contributed by atoms with Crippen LogP contribution in [-0.2, 0) is 9.53 Å². The Morgan fingerprint density at radius 3 is 2.75 bits per heavy atom. The highest BCUT2D eigenvalue weighted by molar-refractivity contribution is 5.84. The average molecular weight is 172 g/mol. The van der Waals surface area contributed by atoms with E-state index in [-0.39, 0.29) is 0 Å². The molecule has 1 unspecified atom stereocenters. The van der Waals surface area contributed by atoms with Crippen molar-refractivity contribution < 1.29 is 14.3 Å². The van der Waals surface area contributed by atoms with Gasteiger partial charge in [0, 0.05) is 6.54 Å². The van der Waals surface area contributed by atoms with Crippen LogP contribution in [0.2, 0.25) is 0 Å². The van der Waals surface area contributed by atoms with Gasteiger partial charge in [0.1, 0.15) is 6.04 Å². The largest absolute Gasteiger partial charge is 0.453 e. The van der Waals surface area contributed by atoms with Gasteiger partial charge < -0.3 is 10.5 Å². The molecule has 0 saturated carbocycles. The zero-order valence-electron chi connectivity index (χ0n) is 6.95. The smallest absolute Gasteiger partial charge is 0.410 e. The van der Waals surface area contributed by atoms with Crippen molar-refractivity contribution in [1.82, 2.24) is 4.90 Å². The average Bonchev–Trinajstić information content (AvgIpc) is 2.50. The Hall–Kier alpha value is -1.26. The second-order valence-electron chi connectivity index (χ2n) is 2.72. The van der Waals surface area contributed by atoms with Crippen LogP contribution >= 0.6 is 0 Å². The maximum atomic E-state index is 11.0. The summed E-state index contributed by atoms with van der Waals surface area (Å²) in [6.07, 6.45) is 0.976. The van der Waals surface area contributed by atoms with Crippen LogP contribution in [0.15, 0.2) is 0 Å². The monoisotopic (exact) mass is 172 g/mol. The van der Waals surface area contributed by atoms with Gasteiger partial charge in [-0.1, -0.05) is 0 Å². The summed E-state index contributed by atoms with van der Waals surface area (Å²) in [7, 11) is 1.29. The number of ether oxygens (including phenoxy) is 1. The van der Waals surface area contributed by atoms with Gasteiger partial charge >= 0.3 is 6.09 Å². The highest BCUT2D eigenvalue weighted by Crippen LogP contribution is 2.17. The van der Waals surface area contributed by atoms with Crippen molar-refractivity contribution in [1.29, 1.82) is 0 Å². The topological polar surface area (TPSA) is 72.6 Å². The summed E-state index contributed by atoms with van der Waals surface area (Å²) in [6.45, 7) is 0.556. The van der Waals surface area contributed by atoms with E-state index in [4.69, 9.17) is 5.73 Å². The summed E-state index contributed by atoms with van der Waals surface area (Å²) in [5.41, 5.74) is 5.09. The van der Waals surface area contributed by atoms with E-state index in [1.165, 1.54) is 12.0 Å². The fourth-order valence-corrected chi connectivity index (χ4v) is 1.40. The van der Waals surface area contributed by atoms with E-state index in [0.717, 1.165) is 6.42 Å². The molecule has 5 heteroatoms. The Morgan fingerprint density at radius 1 is 1.58 bits per heavy atom. The molecule has 0 radical (unpaired) electrons. The molecule has 1 saturated heterocycles. The van der Waals surface area contributed by atoms with E-state index in [1.807, 2.05) is 0 Å². The molecule has 1 heterocycles. The highest BCUT2D eigenvalue weighted by Gasteiger charge is 2.32. The van der Waals surface area contributed by atoms with Gasteiger partial charge in [-0.3, -0.25) is 9.69 Å². The first kappa shape index (κ1) is 8.83. The van der Waals surface area contributed by atoms with E-state index in [1.54, 1.807) is 0 Å². The van der Waals surface area contributed by atoms with Gasteiger partial charge in [0.2, 0.25) is 5.91 Å². The van der Waals surface area contributed by atoms with E-state index in [2.05, 4.69) is 4.74 Å². The third-order valence-electron chi connectivity index (χ3n) is 1.99. The summed E-state index contributed by atoms with van der Waals surface area (Å²) in [4.78, 5) is 23.2. The minimum absolute atomic E-state index is 0.460. The van der Waals surface area contributed by atoms with Crippen molar-refractivity contribution in [3.05, 3.63) is 0 Å². The fourth-order valence-electron chi connectivity index (χ4n) is 1.40. The standard InChI is InChI=1S/C7H12N2O3/c1-12-7(11)9-4-2-3-5(9)6(8)10/h5H,2-4H2,1H3,(H2,8,10). The molecule has 2 N–H and O–H groups in total. The lowest BCUT2D eigenvalue weighted by atomic mass is 10.2. The number of primary amides is 1. The Morgan fingerprint density at radius 2 is 2.25 bits per heavy atom. The summed E-state index contributed by atoms with van der Waals surface area (Å²) in [6, 6.07) is -0.475. The van der Waals surface area contributed by atoms with Crippen molar-refractivity contribution in [2.75, 3.05) is 13.7 Å². The maximum Gasteiger partial charge on any atom is 0.410 e. The number of carbonyl (C=O) groups excluding carboxylic acids is 2. The van der Waals surface area contributed by atoms with Gasteiger partial charge in [-0.25, -0.2) is 4.79 Å². The molecular weight excluding hydrogens is 160 g/mol. The molecule has 1 rings (SSSR count). The van der Waals surface area contributed by atoms with E-state index >= 15 is 0 Å². The van der Waals surface area contributed by atoms with Gasteiger partial charge in [-0.2, -0.15) is 0 Å². The molecule has 0 aliphatic carbocycles. The molecule has 2 amide bonds. The number of nitrogens with zero attached hydrogens (tertiary/aromatic N) is 1. The number of hydrogen-bond donors (Lipinski definition) is 1. The molecule has 1 aliphatic rings. The highest BCUT2D eigenvalue weighted by atomic mass is 16.5. The van der Waals surface area contributed by atoms with Crippen LogP contribution in [0.4, 0.5) is 4.79 Å². The molecule has 0 spiro atoms. The number of carbonyl (C=O) groups is 2. The molecule has 68 valence electrons. The van der Waals surface area contributed by atoms with Crippen molar-refractivity contribution in [3.8, 4) is 0 Å². The normalized spacial score (nSPS) is 22.4. The van der Waals surface area contributed by atoms with Crippen LogP contribution in [0, 0.1) is 0 Å². The fraction of sp³-hybridized carbons (Fsp3) is 0.714. The van der Waals surface area contributed by atoms with E-state index < -0.39 is 18.0 Å². The Balaban J connectivity index is 2.63. The lowest BCUT2D eigenvalue weighted by Crippen LogP contribution is -2.43. The van der Waals surface area contributed by atoms with Crippen LogP contribution in [0.3, 0.4) is 0 Å². The predicted octanol–water partition coefficient (Wildman–Crippen LogP) is -0.298. The van der Waals surface area contributed by atoms with Gasteiger partial charge in [-0.05, 0) is 12.8 Å². The molecular formula is C7H12N2O3. The van der Waals surface area contributed by atoms with Gasteiger partial charge in [-0.15, -0.1) is 0 Å². The van der Waals surface area contributed by atoms with Crippen LogP contribution in [0.25, 0.3) is 0 Å². The first-order valence-electron chi connectivity index (χ1n) is 3.80. The first-order chi connectivity index (χ1) is 5.66. The van der Waals surface area contributed by atoms with Crippen LogP contribution in [-0.4, -0.2) is 36.6 Å². The first-order valence-corrected chi connectivity index (χ1v) is 3.80. The van der Waals surface area contributed by atoms with Gasteiger partial charge in [0.25, 0.3) is 0 Å². The van der Waals surface area contributed by atoms with Crippen LogP contribution in [0.5, 0.6) is 0 Å². The van der Waals surface area contributed by atoms with Crippen molar-refractivity contribution >= 4 is 12.0 Å². The zero-order chi connectivity index (χ0) is 9.14. The summed E-state index contributed by atoms with van der Waals surface area (Å²) < 4.78 is 4.49. The predicted molar refractivity (Wildman–Crippen MR) is 41.3 cm³/mol. The van der Waals surface area contributed by atoms with Crippen molar-refractivity contribution in [3.63, 3.8) is 0 Å². The number of hydrogen-bond acceptors (Lipinski definition) is 3. The molecule has 1 atom stereocenters. The molecule has 0 aromatic carbocycles. The molecule has 5 nitrogen and oxygen atoms in total. The minimum Gasteiger partial charge on any atom is -0.453 e. The Labute approximate surface area is 70.5 Å². The number of rotatable bonds is 1. The maximum absolute atomic E-state index is 11.0. The van der Waals surface area contributed by atoms with E-state index in [9.17, 15) is 9.59 Å². The van der Waals surface area contributed by atoms with Gasteiger partial charge in [0.05, 0.1) is 7.11 Å². The molecule has 0 aromatic heterocycles. The van der Waals surface area contributed by atoms with Crippen LogP contribution < -0.4 is 5.73 Å². The van der Waals surface area contributed by atoms with E-state index in [0.29, 0.717) is 13.0 Å². The molecule has 0 aromatic rings. The Kier molecular flexibility index (Phi) is 2.52. The third-order valence-corrected chi connectivity index (χ3v) is 1.99. The van der Waals surface area contributed by atoms with Crippen molar-refractivity contribution in [2.24, 2.45) is 5.73 Å². The number of amides is 2. The lowest BCUT2D eigenvalue weighted by Gasteiger charge is -2.19. The Bertz CT molecular complexity index is 205. The number of likely N-dealkylation sites (tertiary alicyclic amines) is 1. The molecule has 1 fully saturated rings. The third kappa shape index (κ3) is 1.49. The molecule has 12 heavy (non-hydrogen) atoms. The van der Waals surface area contributed by atoms with Gasteiger partial charge in [0.15, 0.2) is 0 Å². The lowest BCUT2D eigenvalue weighted by molar-refractivity contribution is -0.121. The van der Waals surface area contributed by atoms with Crippen LogP contribution in [0.1, 0.15) is 12.8 Å². The van der Waals surface area contributed by atoms with Crippen molar-refractivity contribution in [2.45, 2.75) is 18.9 Å². The summed E-state index contributed by atoms with van der Waals surface area (Å²) in [5.74, 6) is -0.460. The number of methoxy groups -OCH3 is 1. The minimum atomic E-state index is -0.476. The number of nitrogens with two attached hydrogens (primary N) is 1. The zero-order valence-corrected chi connectivity index (χ0v) is 6.95. The second-order valence-corrected chi connectivity index (χ2v) is 2.72. The summed E-state index contributed by atoms with van der Waals surface area (Å²) >= 11 is 0. The second kappa shape index (κ2) is 3.42. The molecule has 0 bridgehead atoms.